The van der Waals surface area contributed by atoms with Gasteiger partial charge in [0.2, 0.25) is 5.91 Å². The number of carbonyl (C=O) groups is 2. The fourth-order valence-electron chi connectivity index (χ4n) is 2.14. The third-order valence-electron chi connectivity index (χ3n) is 3.35. The molecule has 1 aliphatic rings. The quantitative estimate of drug-likeness (QED) is 0.881. The summed E-state index contributed by atoms with van der Waals surface area (Å²) in [5.74, 6) is -0.477. The molecular formula is C15H19FN2O3. The summed E-state index contributed by atoms with van der Waals surface area (Å²) in [6, 6.07) is 4.92. The Hall–Kier alpha value is -2.11. The fraction of sp³-hybridized carbons (Fsp3) is 0.467. The van der Waals surface area contributed by atoms with Crippen LogP contribution in [0.15, 0.2) is 24.3 Å². The van der Waals surface area contributed by atoms with E-state index in [2.05, 4.69) is 10.6 Å². The van der Waals surface area contributed by atoms with Gasteiger partial charge < -0.3 is 15.4 Å². The monoisotopic (exact) mass is 294 g/mol. The maximum atomic E-state index is 12.8. The molecule has 2 atom stereocenters. The average molecular weight is 294 g/mol. The van der Waals surface area contributed by atoms with Crippen molar-refractivity contribution in [3.63, 3.8) is 0 Å². The molecule has 2 rings (SSSR count). The molecule has 1 aromatic carbocycles. The van der Waals surface area contributed by atoms with Crippen LogP contribution in [0.2, 0.25) is 0 Å². The first-order chi connectivity index (χ1) is 10.1. The van der Waals surface area contributed by atoms with Gasteiger partial charge >= 0.3 is 0 Å². The normalized spacial score (nSPS) is 20.1. The van der Waals surface area contributed by atoms with Crippen molar-refractivity contribution in [2.24, 2.45) is 0 Å². The third-order valence-corrected chi connectivity index (χ3v) is 3.35. The Labute approximate surface area is 122 Å². The zero-order chi connectivity index (χ0) is 15.2. The fourth-order valence-corrected chi connectivity index (χ4v) is 2.14. The lowest BCUT2D eigenvalue weighted by Gasteiger charge is -2.19. The molecule has 0 aliphatic carbocycles. The van der Waals surface area contributed by atoms with Gasteiger partial charge in [0.15, 0.2) is 6.10 Å². The molecule has 0 saturated carbocycles. The maximum absolute atomic E-state index is 12.8. The summed E-state index contributed by atoms with van der Waals surface area (Å²) >= 11 is 0. The summed E-state index contributed by atoms with van der Waals surface area (Å²) < 4.78 is 18.2. The van der Waals surface area contributed by atoms with Gasteiger partial charge in [0.25, 0.3) is 5.91 Å². The molecule has 0 spiro atoms. The van der Waals surface area contributed by atoms with Crippen LogP contribution in [0.1, 0.15) is 26.2 Å². The lowest BCUT2D eigenvalue weighted by Crippen LogP contribution is -2.49. The van der Waals surface area contributed by atoms with Crippen molar-refractivity contribution in [1.82, 2.24) is 10.6 Å². The van der Waals surface area contributed by atoms with Crippen LogP contribution in [0.3, 0.4) is 0 Å². The van der Waals surface area contributed by atoms with E-state index in [1.54, 1.807) is 6.92 Å². The van der Waals surface area contributed by atoms with E-state index in [1.807, 2.05) is 0 Å². The highest BCUT2D eigenvalue weighted by Crippen LogP contribution is 2.13. The van der Waals surface area contributed by atoms with Crippen LogP contribution in [0.5, 0.6) is 5.75 Å². The van der Waals surface area contributed by atoms with E-state index in [1.165, 1.54) is 24.3 Å². The number of carbonyl (C=O) groups excluding carboxylic acids is 2. The molecule has 6 heteroatoms. The highest BCUT2D eigenvalue weighted by Gasteiger charge is 2.25. The summed E-state index contributed by atoms with van der Waals surface area (Å²) in [6.07, 6.45) is 1.67. The minimum Gasteiger partial charge on any atom is -0.481 e. The zero-order valence-corrected chi connectivity index (χ0v) is 11.9. The smallest absolute Gasteiger partial charge is 0.261 e. The Balaban J connectivity index is 1.89. The summed E-state index contributed by atoms with van der Waals surface area (Å²) in [5, 5.41) is 5.45. The van der Waals surface area contributed by atoms with Gasteiger partial charge in [0, 0.05) is 6.54 Å². The van der Waals surface area contributed by atoms with E-state index >= 15 is 0 Å². The standard InChI is InChI=1S/C15H19FN2O3/c1-10(21-12-7-5-11(16)6-8-12)14(19)18-13-4-2-3-9-17-15(13)20/h5-8,10,13H,2-4,9H2,1H3,(H,17,20)(H,18,19)/t10-,13-/m1/s1. The van der Waals surface area contributed by atoms with Gasteiger partial charge in [-0.15, -0.1) is 0 Å². The number of amides is 2. The van der Waals surface area contributed by atoms with Gasteiger partial charge in [-0.3, -0.25) is 9.59 Å². The van der Waals surface area contributed by atoms with Crippen molar-refractivity contribution >= 4 is 11.8 Å². The first kappa shape index (κ1) is 15.3. The molecule has 0 bridgehead atoms. The van der Waals surface area contributed by atoms with Crippen LogP contribution in [-0.2, 0) is 9.59 Å². The van der Waals surface area contributed by atoms with E-state index in [4.69, 9.17) is 4.74 Å². The van der Waals surface area contributed by atoms with Gasteiger partial charge in [0.05, 0.1) is 0 Å². The van der Waals surface area contributed by atoms with Gasteiger partial charge in [-0.1, -0.05) is 0 Å². The lowest BCUT2D eigenvalue weighted by atomic mass is 10.1. The topological polar surface area (TPSA) is 67.4 Å². The third kappa shape index (κ3) is 4.44. The largest absolute Gasteiger partial charge is 0.481 e. The summed E-state index contributed by atoms with van der Waals surface area (Å²) in [4.78, 5) is 23.8. The number of hydrogen-bond acceptors (Lipinski definition) is 3. The van der Waals surface area contributed by atoms with Crippen LogP contribution >= 0.6 is 0 Å². The first-order valence-electron chi connectivity index (χ1n) is 7.06. The van der Waals surface area contributed by atoms with Crippen molar-refractivity contribution in [2.75, 3.05) is 6.54 Å². The van der Waals surface area contributed by atoms with E-state index in [9.17, 15) is 14.0 Å². The van der Waals surface area contributed by atoms with Crippen molar-refractivity contribution in [3.8, 4) is 5.75 Å². The second-order valence-electron chi connectivity index (χ2n) is 5.06. The molecule has 0 unspecified atom stereocenters. The zero-order valence-electron chi connectivity index (χ0n) is 11.9. The number of halogens is 1. The molecule has 0 radical (unpaired) electrons. The van der Waals surface area contributed by atoms with Crippen molar-refractivity contribution in [1.29, 1.82) is 0 Å². The number of hydrogen-bond donors (Lipinski definition) is 2. The predicted molar refractivity (Wildman–Crippen MR) is 75.3 cm³/mol. The molecule has 0 aromatic heterocycles. The molecule has 1 fully saturated rings. The highest BCUT2D eigenvalue weighted by atomic mass is 19.1. The Morgan fingerprint density at radius 1 is 1.38 bits per heavy atom. The Morgan fingerprint density at radius 3 is 2.81 bits per heavy atom. The highest BCUT2D eigenvalue weighted by molar-refractivity contribution is 5.89. The SMILES string of the molecule is C[C@@H](Oc1ccc(F)cc1)C(=O)N[C@@H]1CCCCNC1=O. The van der Waals surface area contributed by atoms with Crippen LogP contribution in [-0.4, -0.2) is 30.5 Å². The van der Waals surface area contributed by atoms with E-state index in [0.29, 0.717) is 18.7 Å². The second kappa shape index (κ2) is 7.06. The van der Waals surface area contributed by atoms with Crippen molar-refractivity contribution < 1.29 is 18.7 Å². The maximum Gasteiger partial charge on any atom is 0.261 e. The molecular weight excluding hydrogens is 275 g/mol. The van der Waals surface area contributed by atoms with Crippen LogP contribution in [0.4, 0.5) is 4.39 Å². The number of nitrogens with one attached hydrogen (secondary N) is 2. The molecule has 21 heavy (non-hydrogen) atoms. The molecule has 2 N–H and O–H groups in total. The average Bonchev–Trinajstić information content (AvgIpc) is 2.66. The van der Waals surface area contributed by atoms with Crippen LogP contribution in [0, 0.1) is 5.82 Å². The Kier molecular flexibility index (Phi) is 5.14. The molecule has 1 aliphatic heterocycles. The Bertz CT molecular complexity index is 504. The molecule has 114 valence electrons. The van der Waals surface area contributed by atoms with E-state index < -0.39 is 12.1 Å². The number of ether oxygens (including phenoxy) is 1. The molecule has 1 aromatic rings. The van der Waals surface area contributed by atoms with Gasteiger partial charge in [-0.25, -0.2) is 4.39 Å². The summed E-state index contributed by atoms with van der Waals surface area (Å²) in [5.41, 5.74) is 0. The molecule has 2 amide bonds. The van der Waals surface area contributed by atoms with E-state index in [-0.39, 0.29) is 17.6 Å². The van der Waals surface area contributed by atoms with Crippen LogP contribution < -0.4 is 15.4 Å². The van der Waals surface area contributed by atoms with Gasteiger partial charge in [0.1, 0.15) is 17.6 Å². The molecule has 1 heterocycles. The minimum absolute atomic E-state index is 0.158. The summed E-state index contributed by atoms with van der Waals surface area (Å²) in [6.45, 7) is 2.24. The number of benzene rings is 1. The predicted octanol–water partition coefficient (Wildman–Crippen LogP) is 1.38. The summed E-state index contributed by atoms with van der Waals surface area (Å²) in [7, 11) is 0. The van der Waals surface area contributed by atoms with Crippen molar-refractivity contribution in [3.05, 3.63) is 30.1 Å². The first-order valence-corrected chi connectivity index (χ1v) is 7.06. The van der Waals surface area contributed by atoms with Crippen LogP contribution in [0.25, 0.3) is 0 Å². The minimum atomic E-state index is -0.758. The Morgan fingerprint density at radius 2 is 2.10 bits per heavy atom. The van der Waals surface area contributed by atoms with Crippen molar-refractivity contribution in [2.45, 2.75) is 38.3 Å². The number of rotatable bonds is 4. The van der Waals surface area contributed by atoms with Gasteiger partial charge in [-0.2, -0.15) is 0 Å². The molecule has 5 nitrogen and oxygen atoms in total. The lowest BCUT2D eigenvalue weighted by molar-refractivity contribution is -0.132. The van der Waals surface area contributed by atoms with E-state index in [0.717, 1.165) is 12.8 Å². The van der Waals surface area contributed by atoms with Gasteiger partial charge in [-0.05, 0) is 50.5 Å². The second-order valence-corrected chi connectivity index (χ2v) is 5.06. The molecule has 1 saturated heterocycles.